The van der Waals surface area contributed by atoms with Crippen molar-refractivity contribution in [2.75, 3.05) is 26.2 Å². The summed E-state index contributed by atoms with van der Waals surface area (Å²) in [7, 11) is 0. The molecule has 1 rings (SSSR count). The van der Waals surface area contributed by atoms with E-state index in [9.17, 15) is 4.79 Å². The van der Waals surface area contributed by atoms with Crippen molar-refractivity contribution in [3.63, 3.8) is 0 Å². The van der Waals surface area contributed by atoms with Crippen LogP contribution in [-0.4, -0.2) is 32.1 Å². The molecule has 0 aliphatic carbocycles. The Balaban J connectivity index is 2.25. The molecule has 112 valence electrons. The number of carbonyl (C=O) groups is 1. The van der Waals surface area contributed by atoms with Gasteiger partial charge in [0.25, 0.3) is 5.91 Å². The highest BCUT2D eigenvalue weighted by molar-refractivity contribution is 5.77. The topological polar surface area (TPSA) is 50.4 Å². The first-order valence-corrected chi connectivity index (χ1v) is 7.33. The van der Waals surface area contributed by atoms with Gasteiger partial charge in [0.15, 0.2) is 6.61 Å². The van der Waals surface area contributed by atoms with Crippen molar-refractivity contribution in [3.05, 3.63) is 29.8 Å². The van der Waals surface area contributed by atoms with Gasteiger partial charge in [-0.2, -0.15) is 0 Å². The van der Waals surface area contributed by atoms with Crippen molar-refractivity contribution >= 4 is 5.91 Å². The Kier molecular flexibility index (Phi) is 7.73. The minimum absolute atomic E-state index is 0.0648. The van der Waals surface area contributed by atoms with E-state index in [0.29, 0.717) is 12.5 Å². The zero-order valence-corrected chi connectivity index (χ0v) is 12.7. The van der Waals surface area contributed by atoms with Crippen molar-refractivity contribution in [2.24, 2.45) is 0 Å². The van der Waals surface area contributed by atoms with E-state index >= 15 is 0 Å². The van der Waals surface area contributed by atoms with Crippen LogP contribution >= 0.6 is 0 Å². The number of carbonyl (C=O) groups excluding carboxylic acids is 1. The molecule has 20 heavy (non-hydrogen) atoms. The summed E-state index contributed by atoms with van der Waals surface area (Å²) in [5.41, 5.74) is 1.21. The molecule has 4 nitrogen and oxygen atoms in total. The summed E-state index contributed by atoms with van der Waals surface area (Å²) in [4.78, 5) is 11.6. The van der Waals surface area contributed by atoms with Gasteiger partial charge in [0.1, 0.15) is 5.75 Å². The van der Waals surface area contributed by atoms with E-state index in [1.54, 1.807) is 0 Å². The number of benzene rings is 1. The van der Waals surface area contributed by atoms with Gasteiger partial charge in [0.05, 0.1) is 0 Å². The Morgan fingerprint density at radius 3 is 2.75 bits per heavy atom. The molecule has 2 N–H and O–H groups in total. The molecule has 0 aliphatic heterocycles. The minimum Gasteiger partial charge on any atom is -0.484 e. The van der Waals surface area contributed by atoms with E-state index in [0.717, 1.165) is 25.3 Å². The van der Waals surface area contributed by atoms with Gasteiger partial charge in [0.2, 0.25) is 0 Å². The van der Waals surface area contributed by atoms with Crippen molar-refractivity contribution in [2.45, 2.75) is 33.1 Å². The van der Waals surface area contributed by atoms with Gasteiger partial charge in [-0.1, -0.05) is 32.9 Å². The second-order valence-electron chi connectivity index (χ2n) is 5.12. The summed E-state index contributed by atoms with van der Waals surface area (Å²) >= 11 is 0. The van der Waals surface area contributed by atoms with E-state index in [1.807, 2.05) is 18.2 Å². The average molecular weight is 278 g/mol. The molecule has 0 fully saturated rings. The third-order valence-corrected chi connectivity index (χ3v) is 2.95. The fourth-order valence-electron chi connectivity index (χ4n) is 1.76. The lowest BCUT2D eigenvalue weighted by atomic mass is 10.0. The summed E-state index contributed by atoms with van der Waals surface area (Å²) in [5.74, 6) is 1.12. The number of hydrogen-bond acceptors (Lipinski definition) is 3. The average Bonchev–Trinajstić information content (AvgIpc) is 2.45. The Hall–Kier alpha value is -1.55. The summed E-state index contributed by atoms with van der Waals surface area (Å²) in [6.45, 7) is 8.86. The van der Waals surface area contributed by atoms with Gasteiger partial charge < -0.3 is 15.4 Å². The minimum atomic E-state index is -0.0850. The second kappa shape index (κ2) is 9.37. The molecule has 0 spiro atoms. The summed E-state index contributed by atoms with van der Waals surface area (Å²) in [5, 5.41) is 6.05. The molecule has 1 aromatic rings. The van der Waals surface area contributed by atoms with Crippen LogP contribution < -0.4 is 15.4 Å². The van der Waals surface area contributed by atoms with E-state index in [-0.39, 0.29) is 12.5 Å². The number of hydrogen-bond donors (Lipinski definition) is 2. The quantitative estimate of drug-likeness (QED) is 0.682. The first-order chi connectivity index (χ1) is 9.63. The number of nitrogens with one attached hydrogen (secondary N) is 2. The second-order valence-corrected chi connectivity index (χ2v) is 5.12. The van der Waals surface area contributed by atoms with Crippen molar-refractivity contribution < 1.29 is 9.53 Å². The van der Waals surface area contributed by atoms with Crippen LogP contribution in [0, 0.1) is 0 Å². The van der Waals surface area contributed by atoms with E-state index in [1.165, 1.54) is 5.56 Å². The normalized spacial score (nSPS) is 10.6. The van der Waals surface area contributed by atoms with Crippen LogP contribution in [0.3, 0.4) is 0 Å². The predicted molar refractivity (Wildman–Crippen MR) is 82.2 cm³/mol. The monoisotopic (exact) mass is 278 g/mol. The summed E-state index contributed by atoms with van der Waals surface area (Å²) in [6, 6.07) is 7.89. The fourth-order valence-corrected chi connectivity index (χ4v) is 1.76. The molecular formula is C16H26N2O2. The van der Waals surface area contributed by atoms with E-state index in [4.69, 9.17) is 4.74 Å². The fraction of sp³-hybridized carbons (Fsp3) is 0.562. The highest BCUT2D eigenvalue weighted by atomic mass is 16.5. The molecule has 0 radical (unpaired) electrons. The molecule has 1 aromatic carbocycles. The Bertz CT molecular complexity index is 405. The Labute approximate surface area is 121 Å². The largest absolute Gasteiger partial charge is 0.484 e. The standard InChI is InChI=1S/C16H26N2O2/c1-4-8-17-9-10-18-16(19)12-20-15-7-5-6-14(11-15)13(2)3/h5-7,11,13,17H,4,8-10,12H2,1-3H3,(H,18,19). The first kappa shape index (κ1) is 16.5. The molecule has 0 atom stereocenters. The number of ether oxygens (including phenoxy) is 1. The van der Waals surface area contributed by atoms with Gasteiger partial charge in [0, 0.05) is 13.1 Å². The third-order valence-electron chi connectivity index (χ3n) is 2.95. The molecule has 4 heteroatoms. The van der Waals surface area contributed by atoms with Crippen LogP contribution in [0.25, 0.3) is 0 Å². The molecular weight excluding hydrogens is 252 g/mol. The maximum absolute atomic E-state index is 11.6. The smallest absolute Gasteiger partial charge is 0.257 e. The molecule has 0 unspecified atom stereocenters. The van der Waals surface area contributed by atoms with Crippen LogP contribution in [-0.2, 0) is 4.79 Å². The Morgan fingerprint density at radius 2 is 2.05 bits per heavy atom. The summed E-state index contributed by atoms with van der Waals surface area (Å²) in [6.07, 6.45) is 1.10. The van der Waals surface area contributed by atoms with Crippen molar-refractivity contribution in [3.8, 4) is 5.75 Å². The molecule has 0 saturated carbocycles. The molecule has 0 saturated heterocycles. The van der Waals surface area contributed by atoms with Crippen molar-refractivity contribution in [1.82, 2.24) is 10.6 Å². The Morgan fingerprint density at radius 1 is 1.25 bits per heavy atom. The first-order valence-electron chi connectivity index (χ1n) is 7.33. The lowest BCUT2D eigenvalue weighted by molar-refractivity contribution is -0.123. The zero-order chi connectivity index (χ0) is 14.8. The number of rotatable bonds is 9. The van der Waals surface area contributed by atoms with Crippen molar-refractivity contribution in [1.29, 1.82) is 0 Å². The van der Waals surface area contributed by atoms with Gasteiger partial charge in [-0.05, 0) is 36.6 Å². The third kappa shape index (κ3) is 6.57. The molecule has 0 aromatic heterocycles. The lowest BCUT2D eigenvalue weighted by Gasteiger charge is -2.10. The zero-order valence-electron chi connectivity index (χ0n) is 12.7. The molecule has 0 bridgehead atoms. The van der Waals surface area contributed by atoms with Crippen LogP contribution in [0.15, 0.2) is 24.3 Å². The van der Waals surface area contributed by atoms with Crippen LogP contribution in [0.5, 0.6) is 5.75 Å². The summed E-state index contributed by atoms with van der Waals surface area (Å²) < 4.78 is 5.50. The van der Waals surface area contributed by atoms with Gasteiger partial charge in [-0.25, -0.2) is 0 Å². The van der Waals surface area contributed by atoms with E-state index in [2.05, 4.69) is 37.5 Å². The van der Waals surface area contributed by atoms with Gasteiger partial charge in [-0.15, -0.1) is 0 Å². The lowest BCUT2D eigenvalue weighted by Crippen LogP contribution is -2.35. The molecule has 0 aliphatic rings. The number of amides is 1. The van der Waals surface area contributed by atoms with Gasteiger partial charge in [-0.3, -0.25) is 4.79 Å². The maximum Gasteiger partial charge on any atom is 0.257 e. The van der Waals surface area contributed by atoms with Crippen LogP contribution in [0.2, 0.25) is 0 Å². The predicted octanol–water partition coefficient (Wildman–Crippen LogP) is 2.30. The van der Waals surface area contributed by atoms with Crippen LogP contribution in [0.1, 0.15) is 38.7 Å². The molecule has 0 heterocycles. The molecule has 1 amide bonds. The van der Waals surface area contributed by atoms with Gasteiger partial charge >= 0.3 is 0 Å². The van der Waals surface area contributed by atoms with E-state index < -0.39 is 0 Å². The highest BCUT2D eigenvalue weighted by Gasteiger charge is 2.04. The SMILES string of the molecule is CCCNCCNC(=O)COc1cccc(C(C)C)c1. The maximum atomic E-state index is 11.6. The van der Waals surface area contributed by atoms with Crippen LogP contribution in [0.4, 0.5) is 0 Å². The highest BCUT2D eigenvalue weighted by Crippen LogP contribution is 2.19.